The highest BCUT2D eigenvalue weighted by Gasteiger charge is 2.50. The Balaban J connectivity index is 2.16. The predicted octanol–water partition coefficient (Wildman–Crippen LogP) is 0.705. The summed E-state index contributed by atoms with van der Waals surface area (Å²) in [4.78, 5) is 10.9. The van der Waals surface area contributed by atoms with E-state index in [1.54, 1.807) is 0 Å². The minimum Gasteiger partial charge on any atom is -0.481 e. The van der Waals surface area contributed by atoms with Gasteiger partial charge in [-0.3, -0.25) is 4.79 Å². The monoisotopic (exact) mass is 169 g/mol. The summed E-state index contributed by atoms with van der Waals surface area (Å²) in [6, 6.07) is 0.237. The lowest BCUT2D eigenvalue weighted by Crippen LogP contribution is -2.42. The van der Waals surface area contributed by atoms with Crippen molar-refractivity contribution in [2.45, 2.75) is 25.3 Å². The lowest BCUT2D eigenvalue weighted by Gasteiger charge is -2.27. The molecule has 0 radical (unpaired) electrons. The van der Waals surface area contributed by atoms with Crippen LogP contribution in [0.25, 0.3) is 0 Å². The van der Waals surface area contributed by atoms with Gasteiger partial charge in [0, 0.05) is 6.04 Å². The number of carboxylic acids is 1. The molecule has 0 aromatic heterocycles. The van der Waals surface area contributed by atoms with Crippen LogP contribution >= 0.6 is 0 Å². The highest BCUT2D eigenvalue weighted by molar-refractivity contribution is 5.72. The van der Waals surface area contributed by atoms with E-state index in [1.807, 2.05) is 7.05 Å². The van der Waals surface area contributed by atoms with Crippen LogP contribution in [-0.4, -0.2) is 24.2 Å². The van der Waals surface area contributed by atoms with E-state index in [0.717, 1.165) is 12.8 Å². The molecule has 2 fully saturated rings. The van der Waals surface area contributed by atoms with Crippen molar-refractivity contribution in [1.29, 1.82) is 0 Å². The lowest BCUT2D eigenvalue weighted by atomic mass is 9.84. The van der Waals surface area contributed by atoms with E-state index in [4.69, 9.17) is 5.11 Å². The van der Waals surface area contributed by atoms with Crippen molar-refractivity contribution in [3.63, 3.8) is 0 Å². The van der Waals surface area contributed by atoms with Crippen LogP contribution in [-0.2, 0) is 4.79 Å². The molecule has 2 bridgehead atoms. The zero-order valence-electron chi connectivity index (χ0n) is 7.29. The third-order valence-electron chi connectivity index (χ3n) is 3.53. The van der Waals surface area contributed by atoms with Gasteiger partial charge < -0.3 is 10.4 Å². The molecule has 0 amide bonds. The number of hydrogen-bond donors (Lipinski definition) is 2. The first-order valence-corrected chi connectivity index (χ1v) is 4.64. The van der Waals surface area contributed by atoms with E-state index >= 15 is 0 Å². The maximum atomic E-state index is 10.9. The highest BCUT2D eigenvalue weighted by atomic mass is 16.4. The van der Waals surface area contributed by atoms with Gasteiger partial charge in [-0.05, 0) is 38.1 Å². The van der Waals surface area contributed by atoms with Gasteiger partial charge in [-0.25, -0.2) is 0 Å². The highest BCUT2D eigenvalue weighted by Crippen LogP contribution is 2.48. The molecule has 0 aliphatic heterocycles. The number of aliphatic carboxylic acids is 1. The molecule has 2 rings (SSSR count). The maximum Gasteiger partial charge on any atom is 0.308 e. The molecule has 2 saturated carbocycles. The van der Waals surface area contributed by atoms with Gasteiger partial charge in [-0.15, -0.1) is 0 Å². The Hall–Kier alpha value is -0.570. The van der Waals surface area contributed by atoms with Gasteiger partial charge in [-0.2, -0.15) is 0 Å². The zero-order chi connectivity index (χ0) is 8.72. The summed E-state index contributed by atoms with van der Waals surface area (Å²) in [5.41, 5.74) is 0. The Morgan fingerprint density at radius 1 is 1.42 bits per heavy atom. The van der Waals surface area contributed by atoms with E-state index in [0.29, 0.717) is 11.8 Å². The van der Waals surface area contributed by atoms with E-state index in [-0.39, 0.29) is 12.0 Å². The number of hydrogen-bond acceptors (Lipinski definition) is 2. The SMILES string of the molecule is CN[C@@H]1[C@H]2CC[C@H](C2)[C@@H]1C(=O)O. The van der Waals surface area contributed by atoms with Crippen molar-refractivity contribution in [2.24, 2.45) is 17.8 Å². The van der Waals surface area contributed by atoms with E-state index in [1.165, 1.54) is 6.42 Å². The number of carbonyl (C=O) groups is 1. The average molecular weight is 169 g/mol. The van der Waals surface area contributed by atoms with Gasteiger partial charge >= 0.3 is 5.97 Å². The molecule has 3 nitrogen and oxygen atoms in total. The van der Waals surface area contributed by atoms with Crippen LogP contribution in [0.4, 0.5) is 0 Å². The first-order chi connectivity index (χ1) is 5.74. The molecule has 3 heteroatoms. The average Bonchev–Trinajstić information content (AvgIpc) is 2.60. The molecule has 68 valence electrons. The van der Waals surface area contributed by atoms with Crippen molar-refractivity contribution in [1.82, 2.24) is 5.32 Å². The molecule has 12 heavy (non-hydrogen) atoms. The van der Waals surface area contributed by atoms with Crippen molar-refractivity contribution in [2.75, 3.05) is 7.05 Å². The third kappa shape index (κ3) is 0.959. The fraction of sp³-hybridized carbons (Fsp3) is 0.889. The van der Waals surface area contributed by atoms with E-state index in [2.05, 4.69) is 5.32 Å². The Morgan fingerprint density at radius 3 is 2.58 bits per heavy atom. The van der Waals surface area contributed by atoms with E-state index < -0.39 is 5.97 Å². The minimum atomic E-state index is -0.610. The first-order valence-electron chi connectivity index (χ1n) is 4.64. The van der Waals surface area contributed by atoms with Crippen molar-refractivity contribution in [3.8, 4) is 0 Å². The normalized spacial score (nSPS) is 45.1. The Bertz CT molecular complexity index is 205. The number of nitrogens with one attached hydrogen (secondary N) is 1. The molecule has 0 aromatic carbocycles. The summed E-state index contributed by atoms with van der Waals surface area (Å²) < 4.78 is 0. The van der Waals surface area contributed by atoms with Crippen LogP contribution in [0.15, 0.2) is 0 Å². The number of rotatable bonds is 2. The standard InChI is InChI=1S/C9H15NO2/c1-10-8-6-3-2-5(4-6)7(8)9(11)12/h5-8,10H,2-4H2,1H3,(H,11,12)/t5-,6+,7+,8-/m1/s1. The Morgan fingerprint density at radius 2 is 2.08 bits per heavy atom. The summed E-state index contributed by atoms with van der Waals surface area (Å²) in [7, 11) is 1.88. The molecule has 4 atom stereocenters. The van der Waals surface area contributed by atoms with Gasteiger partial charge in [0.05, 0.1) is 5.92 Å². The van der Waals surface area contributed by atoms with Gasteiger partial charge in [0.25, 0.3) is 0 Å². The topological polar surface area (TPSA) is 49.3 Å². The van der Waals surface area contributed by atoms with Gasteiger partial charge in [0.1, 0.15) is 0 Å². The quantitative estimate of drug-likeness (QED) is 0.640. The van der Waals surface area contributed by atoms with Crippen LogP contribution in [0.1, 0.15) is 19.3 Å². The fourth-order valence-corrected chi connectivity index (χ4v) is 3.06. The molecule has 0 unspecified atom stereocenters. The van der Waals surface area contributed by atoms with Gasteiger partial charge in [0.2, 0.25) is 0 Å². The van der Waals surface area contributed by atoms with Crippen molar-refractivity contribution >= 4 is 5.97 Å². The first kappa shape index (κ1) is 8.05. The third-order valence-corrected chi connectivity index (χ3v) is 3.53. The van der Waals surface area contributed by atoms with Crippen LogP contribution < -0.4 is 5.32 Å². The molecule has 2 aliphatic rings. The molecule has 0 saturated heterocycles. The number of carboxylic acid groups (broad SMARTS) is 1. The summed E-state index contributed by atoms with van der Waals surface area (Å²) in [6.45, 7) is 0. The molecular formula is C9H15NO2. The van der Waals surface area contributed by atoms with Gasteiger partial charge in [0.15, 0.2) is 0 Å². The second-order valence-electron chi connectivity index (χ2n) is 4.01. The Labute approximate surface area is 72.2 Å². The smallest absolute Gasteiger partial charge is 0.308 e. The predicted molar refractivity (Wildman–Crippen MR) is 44.8 cm³/mol. The summed E-state index contributed by atoms with van der Waals surface area (Å²) in [6.07, 6.45) is 3.47. The van der Waals surface area contributed by atoms with Crippen LogP contribution in [0, 0.1) is 17.8 Å². The molecule has 2 aliphatic carbocycles. The van der Waals surface area contributed by atoms with Crippen LogP contribution in [0.5, 0.6) is 0 Å². The summed E-state index contributed by atoms with van der Waals surface area (Å²) in [5.74, 6) is 0.348. The van der Waals surface area contributed by atoms with Crippen molar-refractivity contribution in [3.05, 3.63) is 0 Å². The fourth-order valence-electron chi connectivity index (χ4n) is 3.06. The molecule has 0 heterocycles. The summed E-state index contributed by atoms with van der Waals surface area (Å²) >= 11 is 0. The molecule has 0 spiro atoms. The van der Waals surface area contributed by atoms with Crippen LogP contribution in [0.3, 0.4) is 0 Å². The van der Waals surface area contributed by atoms with Crippen molar-refractivity contribution < 1.29 is 9.90 Å². The minimum absolute atomic E-state index is 0.117. The second kappa shape index (κ2) is 2.73. The number of fused-ring (bicyclic) bond motifs is 2. The maximum absolute atomic E-state index is 10.9. The Kier molecular flexibility index (Phi) is 1.83. The zero-order valence-corrected chi connectivity index (χ0v) is 7.29. The molecule has 0 aromatic rings. The van der Waals surface area contributed by atoms with Crippen LogP contribution in [0.2, 0.25) is 0 Å². The second-order valence-corrected chi connectivity index (χ2v) is 4.01. The lowest BCUT2D eigenvalue weighted by molar-refractivity contribution is -0.144. The molecule has 2 N–H and O–H groups in total. The molecular weight excluding hydrogens is 154 g/mol. The largest absolute Gasteiger partial charge is 0.481 e. The van der Waals surface area contributed by atoms with Gasteiger partial charge in [-0.1, -0.05) is 0 Å². The van der Waals surface area contributed by atoms with E-state index in [9.17, 15) is 4.79 Å². The summed E-state index contributed by atoms with van der Waals surface area (Å²) in [5, 5.41) is 12.1.